The fraction of sp³-hybridized carbons (Fsp3) is 0.548. The zero-order valence-electron chi connectivity index (χ0n) is 21.8. The second kappa shape index (κ2) is 10.9. The highest BCUT2D eigenvalue weighted by Crippen LogP contribution is 2.45. The SMILES string of the molecule is CCCC(N)=[N+]1C(=Nc2ccc(C3CCC3CCC)cc2)c2ccccc2CC1(CC)CCC. The lowest BCUT2D eigenvalue weighted by atomic mass is 9.68. The van der Waals surface area contributed by atoms with Crippen LogP contribution in [0.25, 0.3) is 0 Å². The van der Waals surface area contributed by atoms with Gasteiger partial charge in [0, 0.05) is 12.8 Å². The van der Waals surface area contributed by atoms with Crippen molar-refractivity contribution >= 4 is 17.4 Å². The highest BCUT2D eigenvalue weighted by atomic mass is 15.2. The number of hydrogen-bond acceptors (Lipinski definition) is 1. The number of rotatable bonds is 9. The minimum atomic E-state index is -0.0135. The van der Waals surface area contributed by atoms with E-state index in [1.807, 2.05) is 0 Å². The van der Waals surface area contributed by atoms with Gasteiger partial charge in [-0.05, 0) is 73.3 Å². The first-order chi connectivity index (χ1) is 16.6. The second-order valence-corrected chi connectivity index (χ2v) is 10.5. The van der Waals surface area contributed by atoms with Gasteiger partial charge in [0.25, 0.3) is 5.84 Å². The molecular weight excluding hydrogens is 414 g/mol. The molecule has 3 unspecified atom stereocenters. The highest BCUT2D eigenvalue weighted by Gasteiger charge is 2.44. The molecule has 2 aromatic rings. The Hall–Kier alpha value is -2.42. The summed E-state index contributed by atoms with van der Waals surface area (Å²) in [5.41, 5.74) is 12.0. The second-order valence-electron chi connectivity index (χ2n) is 10.5. The van der Waals surface area contributed by atoms with E-state index in [1.54, 1.807) is 0 Å². The number of nitrogens with two attached hydrogens (primary N) is 1. The van der Waals surface area contributed by atoms with Gasteiger partial charge in [0.15, 0.2) is 5.84 Å². The molecule has 2 aliphatic rings. The summed E-state index contributed by atoms with van der Waals surface area (Å²) in [5, 5.41) is 0. The van der Waals surface area contributed by atoms with E-state index in [9.17, 15) is 0 Å². The molecule has 1 fully saturated rings. The summed E-state index contributed by atoms with van der Waals surface area (Å²) in [4.78, 5) is 5.31. The Morgan fingerprint density at radius 3 is 2.35 bits per heavy atom. The van der Waals surface area contributed by atoms with Crippen LogP contribution >= 0.6 is 0 Å². The Labute approximate surface area is 207 Å². The van der Waals surface area contributed by atoms with Gasteiger partial charge in [-0.15, -0.1) is 4.99 Å². The van der Waals surface area contributed by atoms with Gasteiger partial charge in [0.2, 0.25) is 0 Å². The van der Waals surface area contributed by atoms with E-state index in [4.69, 9.17) is 10.7 Å². The summed E-state index contributed by atoms with van der Waals surface area (Å²) in [5.74, 6) is 3.59. The molecule has 182 valence electrons. The third kappa shape index (κ3) is 4.72. The molecule has 34 heavy (non-hydrogen) atoms. The molecule has 3 nitrogen and oxygen atoms in total. The van der Waals surface area contributed by atoms with Crippen molar-refractivity contribution in [3.63, 3.8) is 0 Å². The van der Waals surface area contributed by atoms with Crippen LogP contribution in [0.3, 0.4) is 0 Å². The van der Waals surface area contributed by atoms with E-state index < -0.39 is 0 Å². The minimum Gasteiger partial charge on any atom is -0.322 e. The van der Waals surface area contributed by atoms with E-state index in [0.717, 1.165) is 67.7 Å². The molecule has 3 heteroatoms. The molecule has 1 aliphatic carbocycles. The molecule has 2 aromatic carbocycles. The van der Waals surface area contributed by atoms with E-state index >= 15 is 0 Å². The van der Waals surface area contributed by atoms with Crippen molar-refractivity contribution in [3.8, 4) is 0 Å². The largest absolute Gasteiger partial charge is 0.322 e. The van der Waals surface area contributed by atoms with Gasteiger partial charge in [0.1, 0.15) is 5.69 Å². The topological polar surface area (TPSA) is 41.4 Å². The first-order valence-corrected chi connectivity index (χ1v) is 13.7. The minimum absolute atomic E-state index is 0.0135. The van der Waals surface area contributed by atoms with Gasteiger partial charge in [-0.2, -0.15) is 0 Å². The van der Waals surface area contributed by atoms with Crippen LogP contribution in [0.15, 0.2) is 53.5 Å². The van der Waals surface area contributed by atoms with Crippen LogP contribution in [0.5, 0.6) is 0 Å². The Morgan fingerprint density at radius 1 is 0.971 bits per heavy atom. The van der Waals surface area contributed by atoms with Gasteiger partial charge in [-0.3, -0.25) is 0 Å². The molecule has 0 spiro atoms. The Kier molecular flexibility index (Phi) is 7.91. The lowest BCUT2D eigenvalue weighted by molar-refractivity contribution is -0.514. The summed E-state index contributed by atoms with van der Waals surface area (Å²) in [7, 11) is 0. The normalized spacial score (nSPS) is 26.8. The molecule has 0 saturated heterocycles. The number of hydrogen-bond donors (Lipinski definition) is 1. The summed E-state index contributed by atoms with van der Waals surface area (Å²) in [6, 6.07) is 17.9. The van der Waals surface area contributed by atoms with Crippen molar-refractivity contribution in [1.29, 1.82) is 0 Å². The average Bonchev–Trinajstić information content (AvgIpc) is 2.83. The van der Waals surface area contributed by atoms with Crippen molar-refractivity contribution in [2.45, 2.75) is 103 Å². The lowest BCUT2D eigenvalue weighted by Crippen LogP contribution is -2.54. The summed E-state index contributed by atoms with van der Waals surface area (Å²) >= 11 is 0. The monoisotopic (exact) mass is 458 g/mol. The third-order valence-corrected chi connectivity index (χ3v) is 8.26. The number of fused-ring (bicyclic) bond motifs is 1. The van der Waals surface area contributed by atoms with Crippen LogP contribution in [-0.2, 0) is 6.42 Å². The number of nitrogens with zero attached hydrogens (tertiary/aromatic N) is 2. The van der Waals surface area contributed by atoms with E-state index in [2.05, 4.69) is 80.8 Å². The predicted octanol–water partition coefficient (Wildman–Crippen LogP) is 7.73. The summed E-state index contributed by atoms with van der Waals surface area (Å²) in [6.45, 7) is 9.11. The highest BCUT2D eigenvalue weighted by molar-refractivity contribution is 6.00. The van der Waals surface area contributed by atoms with Gasteiger partial charge in [-0.1, -0.05) is 77.3 Å². The predicted molar refractivity (Wildman–Crippen MR) is 145 cm³/mol. The molecule has 0 amide bonds. The first kappa shape index (κ1) is 24.7. The maximum atomic E-state index is 6.84. The number of aliphatic imine (C=N–C) groups is 1. The summed E-state index contributed by atoms with van der Waals surface area (Å²) < 4.78 is 2.43. The standard InChI is InChI=1S/C31H43N3/c1-5-11-23-17-20-27(23)24-15-18-26(19-16-24)33-30-28-14-10-9-13-25(28)22-31(8-4,21-7-3)34(30)29(32)12-6-2/h9-10,13-16,18-19,23,27,32H,5-8,11-12,17,20-22H2,1-4H3/p+1. The lowest BCUT2D eigenvalue weighted by Gasteiger charge is -2.40. The average molecular weight is 459 g/mol. The molecular formula is C31H44N3+. The van der Waals surface area contributed by atoms with Crippen LogP contribution < -0.4 is 5.73 Å². The van der Waals surface area contributed by atoms with Crippen molar-refractivity contribution < 1.29 is 4.58 Å². The fourth-order valence-electron chi connectivity index (χ4n) is 6.36. The van der Waals surface area contributed by atoms with E-state index in [0.29, 0.717) is 0 Å². The molecule has 3 atom stereocenters. The van der Waals surface area contributed by atoms with E-state index in [-0.39, 0.29) is 5.54 Å². The maximum Gasteiger partial charge on any atom is 0.271 e. The quantitative estimate of drug-likeness (QED) is 0.303. The fourth-order valence-corrected chi connectivity index (χ4v) is 6.36. The van der Waals surface area contributed by atoms with Gasteiger partial charge in [0.05, 0.1) is 11.1 Å². The number of benzene rings is 2. The van der Waals surface area contributed by atoms with Crippen LogP contribution in [0.4, 0.5) is 5.69 Å². The first-order valence-electron chi connectivity index (χ1n) is 13.7. The Morgan fingerprint density at radius 2 is 1.74 bits per heavy atom. The van der Waals surface area contributed by atoms with Crippen molar-refractivity contribution in [3.05, 3.63) is 65.2 Å². The molecule has 4 rings (SSSR count). The Bertz CT molecular complexity index is 1030. The van der Waals surface area contributed by atoms with Gasteiger partial charge in [-0.25, -0.2) is 4.58 Å². The van der Waals surface area contributed by atoms with Crippen molar-refractivity contribution in [2.75, 3.05) is 0 Å². The molecule has 1 aliphatic heterocycles. The van der Waals surface area contributed by atoms with Gasteiger partial charge >= 0.3 is 0 Å². The van der Waals surface area contributed by atoms with Crippen LogP contribution in [0, 0.1) is 5.92 Å². The molecule has 0 aromatic heterocycles. The third-order valence-electron chi connectivity index (χ3n) is 8.26. The molecule has 0 radical (unpaired) electrons. The van der Waals surface area contributed by atoms with Crippen molar-refractivity contribution in [1.82, 2.24) is 0 Å². The maximum absolute atomic E-state index is 6.84. The molecule has 1 saturated carbocycles. The zero-order valence-corrected chi connectivity index (χ0v) is 21.8. The Balaban J connectivity index is 1.79. The van der Waals surface area contributed by atoms with Crippen LogP contribution in [-0.4, -0.2) is 21.8 Å². The van der Waals surface area contributed by atoms with Crippen molar-refractivity contribution in [2.24, 2.45) is 16.6 Å². The zero-order chi connectivity index (χ0) is 24.1. The molecule has 0 bridgehead atoms. The van der Waals surface area contributed by atoms with Gasteiger partial charge < -0.3 is 5.73 Å². The smallest absolute Gasteiger partial charge is 0.271 e. The number of amidine groups is 2. The molecule has 2 N–H and O–H groups in total. The summed E-state index contributed by atoms with van der Waals surface area (Å²) in [6.07, 6.45) is 11.6. The van der Waals surface area contributed by atoms with Crippen LogP contribution in [0.1, 0.15) is 108 Å². The van der Waals surface area contributed by atoms with Crippen LogP contribution in [0.2, 0.25) is 0 Å². The molecule has 1 heterocycles. The van der Waals surface area contributed by atoms with E-state index in [1.165, 1.54) is 42.4 Å².